The molecule has 2 aromatic rings. The number of hydrogen-bond acceptors (Lipinski definition) is 7. The van der Waals surface area contributed by atoms with Gasteiger partial charge >= 0.3 is 0 Å². The van der Waals surface area contributed by atoms with Crippen LogP contribution in [-0.4, -0.2) is 41.1 Å². The molecule has 4 N–H and O–H groups in total. The number of hydrogen-bond donors (Lipinski definition) is 3. The van der Waals surface area contributed by atoms with Crippen LogP contribution in [-0.2, 0) is 10.0 Å². The van der Waals surface area contributed by atoms with Crippen molar-refractivity contribution in [3.8, 4) is 17.2 Å². The van der Waals surface area contributed by atoms with Gasteiger partial charge in [0.25, 0.3) is 11.8 Å². The summed E-state index contributed by atoms with van der Waals surface area (Å²) in [5, 5.41) is 5.11. The molecule has 0 bridgehead atoms. The highest BCUT2D eigenvalue weighted by Crippen LogP contribution is 2.28. The molecule has 32 heavy (non-hydrogen) atoms. The van der Waals surface area contributed by atoms with Gasteiger partial charge in [-0.3, -0.25) is 20.4 Å². The van der Waals surface area contributed by atoms with E-state index in [1.807, 2.05) is 0 Å². The SMILES string of the molecule is COc1cc(C(=O)NNC(=O)c2cc(S(N)(=O)=O)ccc2OC)ccc1OCCC(C)C. The number of amides is 2. The van der Waals surface area contributed by atoms with E-state index in [4.69, 9.17) is 19.3 Å². The van der Waals surface area contributed by atoms with Gasteiger partial charge in [0.1, 0.15) is 5.75 Å². The number of ether oxygens (including phenoxy) is 3. The molecule has 0 unspecified atom stereocenters. The van der Waals surface area contributed by atoms with Gasteiger partial charge in [-0.05, 0) is 48.7 Å². The fourth-order valence-electron chi connectivity index (χ4n) is 2.63. The van der Waals surface area contributed by atoms with Crippen molar-refractivity contribution in [1.29, 1.82) is 0 Å². The van der Waals surface area contributed by atoms with Crippen molar-refractivity contribution in [1.82, 2.24) is 10.9 Å². The lowest BCUT2D eigenvalue weighted by molar-refractivity contribution is 0.0844. The van der Waals surface area contributed by atoms with Crippen LogP contribution < -0.4 is 30.2 Å². The summed E-state index contributed by atoms with van der Waals surface area (Å²) >= 11 is 0. The number of carbonyl (C=O) groups excluding carboxylic acids is 2. The number of nitrogens with two attached hydrogens (primary N) is 1. The molecular weight excluding hydrogens is 438 g/mol. The molecule has 0 fully saturated rings. The average Bonchev–Trinajstić information content (AvgIpc) is 2.75. The van der Waals surface area contributed by atoms with Crippen LogP contribution in [0, 0.1) is 5.92 Å². The zero-order valence-corrected chi connectivity index (χ0v) is 19.1. The van der Waals surface area contributed by atoms with Crippen LogP contribution in [0.3, 0.4) is 0 Å². The summed E-state index contributed by atoms with van der Waals surface area (Å²) in [7, 11) is -1.26. The second-order valence-electron chi connectivity index (χ2n) is 7.21. The highest BCUT2D eigenvalue weighted by Gasteiger charge is 2.18. The van der Waals surface area contributed by atoms with E-state index in [9.17, 15) is 18.0 Å². The first kappa shape index (κ1) is 25.0. The zero-order valence-electron chi connectivity index (χ0n) is 18.3. The van der Waals surface area contributed by atoms with Gasteiger partial charge in [-0.25, -0.2) is 13.6 Å². The Bertz CT molecular complexity index is 1080. The van der Waals surface area contributed by atoms with Gasteiger partial charge in [-0.1, -0.05) is 13.8 Å². The molecule has 0 aliphatic rings. The Balaban J connectivity index is 2.11. The lowest BCUT2D eigenvalue weighted by Crippen LogP contribution is -2.41. The summed E-state index contributed by atoms with van der Waals surface area (Å²) in [4.78, 5) is 24.7. The van der Waals surface area contributed by atoms with E-state index in [0.717, 1.165) is 12.5 Å². The molecule has 0 heterocycles. The number of nitrogens with one attached hydrogen (secondary N) is 2. The molecule has 0 atom stereocenters. The van der Waals surface area contributed by atoms with E-state index in [1.54, 1.807) is 6.07 Å². The molecule has 10 nitrogen and oxygen atoms in total. The molecule has 2 aromatic carbocycles. The van der Waals surface area contributed by atoms with Crippen molar-refractivity contribution < 1.29 is 32.2 Å². The number of methoxy groups -OCH3 is 2. The molecule has 11 heteroatoms. The van der Waals surface area contributed by atoms with Gasteiger partial charge in [-0.15, -0.1) is 0 Å². The van der Waals surface area contributed by atoms with E-state index in [-0.39, 0.29) is 21.8 Å². The lowest BCUT2D eigenvalue weighted by atomic mass is 10.1. The Morgan fingerprint density at radius 3 is 2.16 bits per heavy atom. The third-order valence-corrected chi connectivity index (χ3v) is 5.32. The molecule has 0 radical (unpaired) electrons. The van der Waals surface area contributed by atoms with E-state index in [1.165, 1.54) is 38.5 Å². The van der Waals surface area contributed by atoms with Crippen molar-refractivity contribution in [2.24, 2.45) is 11.1 Å². The zero-order chi connectivity index (χ0) is 23.9. The maximum Gasteiger partial charge on any atom is 0.273 e. The second-order valence-corrected chi connectivity index (χ2v) is 8.77. The topological polar surface area (TPSA) is 146 Å². The summed E-state index contributed by atoms with van der Waals surface area (Å²) in [6.45, 7) is 4.68. The van der Waals surface area contributed by atoms with Gasteiger partial charge in [-0.2, -0.15) is 0 Å². The van der Waals surface area contributed by atoms with Gasteiger partial charge in [0, 0.05) is 5.56 Å². The highest BCUT2D eigenvalue weighted by atomic mass is 32.2. The van der Waals surface area contributed by atoms with E-state index in [2.05, 4.69) is 24.7 Å². The predicted molar refractivity (Wildman–Crippen MR) is 117 cm³/mol. The third-order valence-electron chi connectivity index (χ3n) is 4.41. The van der Waals surface area contributed by atoms with Crippen molar-refractivity contribution >= 4 is 21.8 Å². The van der Waals surface area contributed by atoms with E-state index in [0.29, 0.717) is 24.0 Å². The van der Waals surface area contributed by atoms with Gasteiger partial charge in [0.2, 0.25) is 10.0 Å². The molecule has 0 aromatic heterocycles. The summed E-state index contributed by atoms with van der Waals surface area (Å²) in [6, 6.07) is 8.17. The lowest BCUT2D eigenvalue weighted by Gasteiger charge is -2.14. The van der Waals surface area contributed by atoms with Crippen LogP contribution in [0.2, 0.25) is 0 Å². The second kappa shape index (κ2) is 10.8. The quantitative estimate of drug-likeness (QED) is 0.479. The molecule has 0 spiro atoms. The molecular formula is C21H27N3O7S. The largest absolute Gasteiger partial charge is 0.496 e. The fourth-order valence-corrected chi connectivity index (χ4v) is 3.17. The van der Waals surface area contributed by atoms with E-state index < -0.39 is 21.8 Å². The Morgan fingerprint density at radius 2 is 1.56 bits per heavy atom. The van der Waals surface area contributed by atoms with Crippen molar-refractivity contribution in [2.75, 3.05) is 20.8 Å². The predicted octanol–water partition coefficient (Wildman–Crippen LogP) is 1.85. The minimum Gasteiger partial charge on any atom is -0.496 e. The summed E-state index contributed by atoms with van der Waals surface area (Å²) in [6.07, 6.45) is 0.869. The Labute approximate surface area is 187 Å². The Hall–Kier alpha value is -3.31. The van der Waals surface area contributed by atoms with Crippen LogP contribution in [0.4, 0.5) is 0 Å². The summed E-state index contributed by atoms with van der Waals surface area (Å²) < 4.78 is 39.2. The van der Waals surface area contributed by atoms with Gasteiger partial charge in [0.05, 0.1) is 31.3 Å². The minimum atomic E-state index is -4.03. The summed E-state index contributed by atoms with van der Waals surface area (Å²) in [5.74, 6) is 0.0504. The van der Waals surface area contributed by atoms with Crippen LogP contribution in [0.15, 0.2) is 41.3 Å². The molecule has 174 valence electrons. The number of primary sulfonamides is 1. The first-order chi connectivity index (χ1) is 15.1. The Morgan fingerprint density at radius 1 is 0.938 bits per heavy atom. The van der Waals surface area contributed by atoms with Crippen LogP contribution in [0.5, 0.6) is 17.2 Å². The number of carbonyl (C=O) groups is 2. The average molecular weight is 466 g/mol. The highest BCUT2D eigenvalue weighted by molar-refractivity contribution is 7.89. The van der Waals surface area contributed by atoms with Crippen molar-refractivity contribution in [3.63, 3.8) is 0 Å². The maximum absolute atomic E-state index is 12.5. The smallest absolute Gasteiger partial charge is 0.273 e. The number of rotatable bonds is 9. The van der Waals surface area contributed by atoms with Crippen molar-refractivity contribution in [3.05, 3.63) is 47.5 Å². The molecule has 0 aliphatic heterocycles. The fraction of sp³-hybridized carbons (Fsp3) is 0.333. The number of sulfonamides is 1. The minimum absolute atomic E-state index is 0.105. The van der Waals surface area contributed by atoms with Crippen LogP contribution in [0.25, 0.3) is 0 Å². The molecule has 0 aliphatic carbocycles. The molecule has 2 rings (SSSR count). The van der Waals surface area contributed by atoms with Gasteiger partial charge in [0.15, 0.2) is 11.5 Å². The number of hydrazine groups is 1. The molecule has 0 saturated heterocycles. The maximum atomic E-state index is 12.5. The molecule has 2 amide bonds. The first-order valence-electron chi connectivity index (χ1n) is 9.69. The summed E-state index contributed by atoms with van der Waals surface area (Å²) in [5.41, 5.74) is 4.58. The standard InChI is InChI=1S/C21H27N3O7S/c1-13(2)9-10-31-18-7-5-14(11-19(18)30-4)20(25)23-24-21(26)16-12-15(32(22,27)28)6-8-17(16)29-3/h5-8,11-13H,9-10H2,1-4H3,(H,23,25)(H,24,26)(H2,22,27,28). The van der Waals surface area contributed by atoms with Crippen molar-refractivity contribution in [2.45, 2.75) is 25.2 Å². The van der Waals surface area contributed by atoms with E-state index >= 15 is 0 Å². The normalized spacial score (nSPS) is 11.1. The Kier molecular flexibility index (Phi) is 8.44. The van der Waals surface area contributed by atoms with Gasteiger partial charge < -0.3 is 14.2 Å². The molecule has 0 saturated carbocycles. The first-order valence-corrected chi connectivity index (χ1v) is 11.2. The van der Waals surface area contributed by atoms with Crippen LogP contribution in [0.1, 0.15) is 41.0 Å². The monoisotopic (exact) mass is 465 g/mol. The third kappa shape index (κ3) is 6.59. The van der Waals surface area contributed by atoms with Crippen LogP contribution >= 0.6 is 0 Å². The number of benzene rings is 2.